The highest BCUT2D eigenvalue weighted by Gasteiger charge is 2.02. The lowest BCUT2D eigenvalue weighted by Gasteiger charge is -2.05. The maximum Gasteiger partial charge on any atom is 0.252 e. The lowest BCUT2D eigenvalue weighted by molar-refractivity contribution is 0.0956. The minimum atomic E-state index is -0.0929. The second-order valence-electron chi connectivity index (χ2n) is 3.06. The molecule has 16 heavy (non-hydrogen) atoms. The van der Waals surface area contributed by atoms with Crippen LogP contribution in [-0.4, -0.2) is 17.6 Å². The van der Waals surface area contributed by atoms with Crippen molar-refractivity contribution in [2.45, 2.75) is 0 Å². The third-order valence-corrected chi connectivity index (χ3v) is 2.69. The van der Waals surface area contributed by atoms with Crippen LogP contribution in [0.25, 0.3) is 0 Å². The summed E-state index contributed by atoms with van der Waals surface area (Å²) < 4.78 is 0. The molecule has 0 aliphatic carbocycles. The van der Waals surface area contributed by atoms with Gasteiger partial charge in [-0.1, -0.05) is 18.2 Å². The average Bonchev–Trinajstić information content (AvgIpc) is 2.83. The lowest BCUT2D eigenvalue weighted by atomic mass is 10.2. The molecule has 0 atom stereocenters. The number of rotatable bonds is 4. The largest absolute Gasteiger partial charge is 0.344 e. The predicted octanol–water partition coefficient (Wildman–Crippen LogP) is 1.94. The number of thiazole rings is 1. The van der Waals surface area contributed by atoms with E-state index in [1.54, 1.807) is 18.3 Å². The topological polar surface area (TPSA) is 54.0 Å². The summed E-state index contributed by atoms with van der Waals surface area (Å²) in [6.45, 7) is 0.376. The van der Waals surface area contributed by atoms with Gasteiger partial charge in [-0.15, -0.1) is 11.3 Å². The van der Waals surface area contributed by atoms with E-state index in [1.807, 2.05) is 23.6 Å². The monoisotopic (exact) mass is 233 g/mol. The second kappa shape index (κ2) is 5.27. The Morgan fingerprint density at radius 1 is 1.31 bits per heavy atom. The molecule has 2 N–H and O–H groups in total. The third kappa shape index (κ3) is 2.80. The number of nitrogens with one attached hydrogen (secondary N) is 2. The molecule has 0 fully saturated rings. The number of carbonyl (C=O) groups is 1. The number of amides is 1. The molecule has 0 unspecified atom stereocenters. The fourth-order valence-electron chi connectivity index (χ4n) is 1.20. The number of nitrogens with zero attached hydrogens (tertiary/aromatic N) is 1. The molecule has 0 spiro atoms. The first-order valence-electron chi connectivity index (χ1n) is 4.83. The van der Waals surface area contributed by atoms with Crippen LogP contribution in [0.4, 0.5) is 5.13 Å². The van der Waals surface area contributed by atoms with Crippen LogP contribution in [0.1, 0.15) is 10.4 Å². The van der Waals surface area contributed by atoms with Gasteiger partial charge in [0.2, 0.25) is 0 Å². The molecule has 0 saturated heterocycles. The highest BCUT2D eigenvalue weighted by atomic mass is 32.1. The Labute approximate surface area is 97.3 Å². The first-order chi connectivity index (χ1) is 7.86. The molecular weight excluding hydrogens is 222 g/mol. The highest BCUT2D eigenvalue weighted by molar-refractivity contribution is 7.13. The van der Waals surface area contributed by atoms with Crippen molar-refractivity contribution in [2.24, 2.45) is 0 Å². The SMILES string of the molecule is O=C(NCNc1nccs1)c1ccccc1. The molecule has 1 amide bonds. The molecule has 0 radical (unpaired) electrons. The van der Waals surface area contributed by atoms with E-state index in [0.717, 1.165) is 5.13 Å². The van der Waals surface area contributed by atoms with Gasteiger partial charge in [-0.25, -0.2) is 4.98 Å². The number of aromatic nitrogens is 1. The molecule has 2 rings (SSSR count). The average molecular weight is 233 g/mol. The summed E-state index contributed by atoms with van der Waals surface area (Å²) in [7, 11) is 0. The number of hydrogen-bond donors (Lipinski definition) is 2. The lowest BCUT2D eigenvalue weighted by Crippen LogP contribution is -2.28. The van der Waals surface area contributed by atoms with Gasteiger partial charge >= 0.3 is 0 Å². The summed E-state index contributed by atoms with van der Waals surface area (Å²) in [6.07, 6.45) is 1.71. The third-order valence-electron chi connectivity index (χ3n) is 1.96. The van der Waals surface area contributed by atoms with Crippen LogP contribution >= 0.6 is 11.3 Å². The van der Waals surface area contributed by atoms with Gasteiger partial charge in [0.05, 0.1) is 6.67 Å². The Bertz CT molecular complexity index is 442. The summed E-state index contributed by atoms with van der Waals surface area (Å²) in [5, 5.41) is 8.43. The normalized spacial score (nSPS) is 9.75. The molecule has 0 saturated carbocycles. The van der Waals surface area contributed by atoms with Crippen molar-refractivity contribution in [3.05, 3.63) is 47.5 Å². The Hall–Kier alpha value is -1.88. The first kappa shape index (κ1) is 10.6. The summed E-state index contributed by atoms with van der Waals surface area (Å²) in [5.41, 5.74) is 0.656. The Morgan fingerprint density at radius 3 is 2.81 bits per heavy atom. The van der Waals surface area contributed by atoms with Crippen LogP contribution in [0.5, 0.6) is 0 Å². The molecule has 0 aliphatic rings. The maximum absolute atomic E-state index is 11.6. The van der Waals surface area contributed by atoms with Gasteiger partial charge in [0, 0.05) is 17.1 Å². The van der Waals surface area contributed by atoms with Crippen LogP contribution in [0.3, 0.4) is 0 Å². The summed E-state index contributed by atoms with van der Waals surface area (Å²) in [5.74, 6) is -0.0929. The molecule has 82 valence electrons. The quantitative estimate of drug-likeness (QED) is 0.793. The minimum Gasteiger partial charge on any atom is -0.344 e. The van der Waals surface area contributed by atoms with Crippen molar-refractivity contribution in [2.75, 3.05) is 12.0 Å². The number of benzene rings is 1. The molecule has 2 aromatic rings. The van der Waals surface area contributed by atoms with E-state index < -0.39 is 0 Å². The first-order valence-corrected chi connectivity index (χ1v) is 5.71. The Morgan fingerprint density at radius 2 is 2.12 bits per heavy atom. The summed E-state index contributed by atoms with van der Waals surface area (Å²) >= 11 is 1.50. The Balaban J connectivity index is 1.81. The fourth-order valence-corrected chi connectivity index (χ4v) is 1.73. The van der Waals surface area contributed by atoms with Gasteiger partial charge in [-0.2, -0.15) is 0 Å². The zero-order valence-corrected chi connectivity index (χ0v) is 9.33. The van der Waals surface area contributed by atoms with Gasteiger partial charge in [0.25, 0.3) is 5.91 Å². The second-order valence-corrected chi connectivity index (χ2v) is 3.96. The molecule has 1 heterocycles. The molecule has 1 aromatic heterocycles. The van der Waals surface area contributed by atoms with E-state index >= 15 is 0 Å². The van der Waals surface area contributed by atoms with Crippen LogP contribution in [0.15, 0.2) is 41.9 Å². The van der Waals surface area contributed by atoms with Gasteiger partial charge < -0.3 is 10.6 Å². The van der Waals surface area contributed by atoms with Crippen molar-refractivity contribution in [3.63, 3.8) is 0 Å². The van der Waals surface area contributed by atoms with Crippen molar-refractivity contribution in [1.29, 1.82) is 0 Å². The zero-order chi connectivity index (χ0) is 11.2. The van der Waals surface area contributed by atoms with Gasteiger partial charge in [-0.3, -0.25) is 4.79 Å². The summed E-state index contributed by atoms with van der Waals surface area (Å²) in [6, 6.07) is 9.11. The minimum absolute atomic E-state index is 0.0929. The van der Waals surface area contributed by atoms with E-state index in [1.165, 1.54) is 11.3 Å². The summed E-state index contributed by atoms with van der Waals surface area (Å²) in [4.78, 5) is 15.6. The number of anilines is 1. The smallest absolute Gasteiger partial charge is 0.252 e. The van der Waals surface area contributed by atoms with Crippen molar-refractivity contribution in [1.82, 2.24) is 10.3 Å². The van der Waals surface area contributed by atoms with Crippen LogP contribution in [-0.2, 0) is 0 Å². The fraction of sp³-hybridized carbons (Fsp3) is 0.0909. The van der Waals surface area contributed by atoms with Gasteiger partial charge in [0.1, 0.15) is 0 Å². The molecule has 1 aromatic carbocycles. The Kier molecular flexibility index (Phi) is 3.50. The van der Waals surface area contributed by atoms with E-state index in [-0.39, 0.29) is 5.91 Å². The van der Waals surface area contributed by atoms with Crippen molar-refractivity contribution >= 4 is 22.4 Å². The van der Waals surface area contributed by atoms with Gasteiger partial charge in [-0.05, 0) is 12.1 Å². The number of hydrogen-bond acceptors (Lipinski definition) is 4. The molecule has 5 heteroatoms. The van der Waals surface area contributed by atoms with Crippen LogP contribution < -0.4 is 10.6 Å². The van der Waals surface area contributed by atoms with Gasteiger partial charge in [0.15, 0.2) is 5.13 Å². The molecule has 0 aliphatic heterocycles. The van der Waals surface area contributed by atoms with E-state index in [9.17, 15) is 4.79 Å². The standard InChI is InChI=1S/C11H11N3OS/c15-10(9-4-2-1-3-5-9)13-8-14-11-12-6-7-16-11/h1-7H,8H2,(H,12,14)(H,13,15). The maximum atomic E-state index is 11.6. The van der Waals surface area contributed by atoms with Crippen molar-refractivity contribution in [3.8, 4) is 0 Å². The van der Waals surface area contributed by atoms with Crippen LogP contribution in [0, 0.1) is 0 Å². The molecule has 0 bridgehead atoms. The molecular formula is C11H11N3OS. The predicted molar refractivity (Wildman–Crippen MR) is 64.5 cm³/mol. The zero-order valence-electron chi connectivity index (χ0n) is 8.51. The van der Waals surface area contributed by atoms with E-state index in [0.29, 0.717) is 12.2 Å². The van der Waals surface area contributed by atoms with E-state index in [4.69, 9.17) is 0 Å². The highest BCUT2D eigenvalue weighted by Crippen LogP contribution is 2.08. The van der Waals surface area contributed by atoms with E-state index in [2.05, 4.69) is 15.6 Å². The van der Waals surface area contributed by atoms with Crippen molar-refractivity contribution < 1.29 is 4.79 Å². The van der Waals surface area contributed by atoms with Crippen LogP contribution in [0.2, 0.25) is 0 Å². The number of carbonyl (C=O) groups excluding carboxylic acids is 1. The molecule has 4 nitrogen and oxygen atoms in total.